The van der Waals surface area contributed by atoms with E-state index in [0.29, 0.717) is 5.92 Å². The Balaban J connectivity index is 2.31. The van der Waals surface area contributed by atoms with Gasteiger partial charge in [0.05, 0.1) is 32.8 Å². The number of methoxy groups -OCH3 is 2. The first-order valence-electron chi connectivity index (χ1n) is 6.41. The van der Waals surface area contributed by atoms with Crippen LogP contribution in [0, 0.1) is 5.92 Å². The van der Waals surface area contributed by atoms with Crippen LogP contribution in [0.4, 0.5) is 0 Å². The van der Waals surface area contributed by atoms with Crippen molar-refractivity contribution in [3.05, 3.63) is 29.8 Å². The zero-order valence-electron chi connectivity index (χ0n) is 11.6. The minimum atomic E-state index is -0.655. The zero-order chi connectivity index (χ0) is 13.9. The van der Waals surface area contributed by atoms with Crippen molar-refractivity contribution in [2.45, 2.75) is 18.8 Å². The fourth-order valence-electron chi connectivity index (χ4n) is 2.49. The number of rotatable bonds is 5. The molecule has 0 radical (unpaired) electrons. The highest BCUT2D eigenvalue weighted by Gasteiger charge is 2.40. The number of carbonyl (C=O) groups is 1. The van der Waals surface area contributed by atoms with Gasteiger partial charge >= 0.3 is 5.97 Å². The van der Waals surface area contributed by atoms with Crippen LogP contribution >= 0.6 is 0 Å². The highest BCUT2D eigenvalue weighted by molar-refractivity contribution is 5.82. The van der Waals surface area contributed by atoms with Crippen LogP contribution in [-0.2, 0) is 19.7 Å². The Bertz CT molecular complexity index is 453. The van der Waals surface area contributed by atoms with E-state index in [0.717, 1.165) is 30.9 Å². The number of carbonyl (C=O) groups excluding carboxylic acids is 1. The molecule has 1 atom stereocenters. The Kier molecular flexibility index (Phi) is 4.10. The van der Waals surface area contributed by atoms with Gasteiger partial charge in [-0.1, -0.05) is 12.1 Å². The molecule has 1 aromatic rings. The molecule has 1 aromatic carbocycles. The number of hydrogen-bond acceptors (Lipinski definition) is 4. The molecule has 0 aliphatic carbocycles. The number of esters is 1. The van der Waals surface area contributed by atoms with Gasteiger partial charge in [-0.2, -0.15) is 0 Å². The molecule has 0 saturated carbocycles. The van der Waals surface area contributed by atoms with Crippen LogP contribution in [0.1, 0.15) is 18.9 Å². The highest BCUT2D eigenvalue weighted by Crippen LogP contribution is 2.36. The molecule has 104 valence electrons. The fourth-order valence-corrected chi connectivity index (χ4v) is 2.49. The monoisotopic (exact) mass is 264 g/mol. The minimum Gasteiger partial charge on any atom is -0.497 e. The first-order chi connectivity index (χ1) is 9.10. The van der Waals surface area contributed by atoms with Gasteiger partial charge in [-0.15, -0.1) is 0 Å². The summed E-state index contributed by atoms with van der Waals surface area (Å²) in [5.41, 5.74) is 0.267. The lowest BCUT2D eigenvalue weighted by Crippen LogP contribution is -2.41. The van der Waals surface area contributed by atoms with Crippen molar-refractivity contribution in [2.75, 3.05) is 27.4 Å². The number of benzene rings is 1. The normalized spacial score (nSPS) is 18.3. The van der Waals surface area contributed by atoms with Gasteiger partial charge in [0, 0.05) is 5.92 Å². The Hall–Kier alpha value is -1.55. The zero-order valence-corrected chi connectivity index (χ0v) is 11.6. The average molecular weight is 264 g/mol. The molecular weight excluding hydrogens is 244 g/mol. The molecule has 1 saturated heterocycles. The number of ether oxygens (including phenoxy) is 3. The predicted octanol–water partition coefficient (Wildman–Crippen LogP) is 2.16. The average Bonchev–Trinajstić information content (AvgIpc) is 2.41. The smallest absolute Gasteiger partial charge is 0.316 e. The molecule has 4 nitrogen and oxygen atoms in total. The molecule has 0 N–H and O–H groups in total. The summed E-state index contributed by atoms with van der Waals surface area (Å²) >= 11 is 0. The van der Waals surface area contributed by atoms with Crippen molar-refractivity contribution < 1.29 is 19.0 Å². The van der Waals surface area contributed by atoms with Gasteiger partial charge in [0.15, 0.2) is 0 Å². The van der Waals surface area contributed by atoms with Crippen molar-refractivity contribution in [3.63, 3.8) is 0 Å². The van der Waals surface area contributed by atoms with E-state index in [1.54, 1.807) is 7.11 Å². The first-order valence-corrected chi connectivity index (χ1v) is 6.41. The summed E-state index contributed by atoms with van der Waals surface area (Å²) in [5.74, 6) is 0.945. The highest BCUT2D eigenvalue weighted by atomic mass is 16.5. The van der Waals surface area contributed by atoms with Gasteiger partial charge in [-0.3, -0.25) is 4.79 Å². The van der Waals surface area contributed by atoms with Crippen LogP contribution in [0.15, 0.2) is 24.3 Å². The minimum absolute atomic E-state index is 0.215. The van der Waals surface area contributed by atoms with Crippen molar-refractivity contribution >= 4 is 5.97 Å². The lowest BCUT2D eigenvalue weighted by Gasteiger charge is -2.35. The second-order valence-corrected chi connectivity index (χ2v) is 5.16. The van der Waals surface area contributed by atoms with Crippen molar-refractivity contribution in [2.24, 2.45) is 5.92 Å². The molecule has 2 rings (SSSR count). The molecule has 1 heterocycles. The van der Waals surface area contributed by atoms with Crippen LogP contribution in [0.2, 0.25) is 0 Å². The summed E-state index contributed by atoms with van der Waals surface area (Å²) < 4.78 is 15.4. The van der Waals surface area contributed by atoms with Gasteiger partial charge in [-0.05, 0) is 31.0 Å². The summed E-state index contributed by atoms with van der Waals surface area (Å²) in [6.45, 7) is 3.36. The van der Waals surface area contributed by atoms with E-state index in [1.165, 1.54) is 7.11 Å². The van der Waals surface area contributed by atoms with E-state index in [4.69, 9.17) is 14.2 Å². The summed E-state index contributed by atoms with van der Waals surface area (Å²) in [7, 11) is 3.05. The molecule has 1 fully saturated rings. The lowest BCUT2D eigenvalue weighted by molar-refractivity contribution is -0.149. The second kappa shape index (κ2) is 5.61. The predicted molar refractivity (Wildman–Crippen MR) is 71.3 cm³/mol. The molecule has 0 spiro atoms. The van der Waals surface area contributed by atoms with E-state index < -0.39 is 5.41 Å². The van der Waals surface area contributed by atoms with Crippen molar-refractivity contribution in [3.8, 4) is 5.75 Å². The maximum atomic E-state index is 12.2. The molecule has 0 amide bonds. The van der Waals surface area contributed by atoms with Crippen LogP contribution in [0.5, 0.6) is 5.75 Å². The standard InChI is InChI=1S/C15H20O4/c1-15(14(16)18-3,8-11-9-19-10-11)12-5-4-6-13(7-12)17-2/h4-7,11H,8-10H2,1-3H3. The topological polar surface area (TPSA) is 44.8 Å². The van der Waals surface area contributed by atoms with Crippen molar-refractivity contribution in [1.82, 2.24) is 0 Å². The summed E-state index contributed by atoms with van der Waals surface area (Å²) in [5, 5.41) is 0. The Morgan fingerprint density at radius 2 is 2.16 bits per heavy atom. The fraction of sp³-hybridized carbons (Fsp3) is 0.533. The van der Waals surface area contributed by atoms with E-state index >= 15 is 0 Å². The van der Waals surface area contributed by atoms with Crippen LogP contribution < -0.4 is 4.74 Å². The molecule has 1 aliphatic rings. The van der Waals surface area contributed by atoms with Crippen LogP contribution in [0.3, 0.4) is 0 Å². The van der Waals surface area contributed by atoms with Crippen LogP contribution in [-0.4, -0.2) is 33.4 Å². The van der Waals surface area contributed by atoms with Gasteiger partial charge in [0.25, 0.3) is 0 Å². The third-order valence-corrected chi connectivity index (χ3v) is 3.75. The lowest BCUT2D eigenvalue weighted by atomic mass is 9.74. The summed E-state index contributed by atoms with van der Waals surface area (Å²) in [6.07, 6.45) is 0.729. The molecule has 4 heteroatoms. The Morgan fingerprint density at radius 1 is 1.42 bits per heavy atom. The second-order valence-electron chi connectivity index (χ2n) is 5.16. The SMILES string of the molecule is COC(=O)C(C)(CC1COC1)c1cccc(OC)c1. The molecule has 0 aromatic heterocycles. The van der Waals surface area contributed by atoms with E-state index in [9.17, 15) is 4.79 Å². The third-order valence-electron chi connectivity index (χ3n) is 3.75. The Morgan fingerprint density at radius 3 is 2.68 bits per heavy atom. The van der Waals surface area contributed by atoms with Gasteiger partial charge in [0.1, 0.15) is 5.75 Å². The van der Waals surface area contributed by atoms with Gasteiger partial charge < -0.3 is 14.2 Å². The molecule has 0 bridgehead atoms. The first kappa shape index (κ1) is 13.9. The third kappa shape index (κ3) is 2.73. The molecule has 1 aliphatic heterocycles. The molecular formula is C15H20O4. The van der Waals surface area contributed by atoms with E-state index in [-0.39, 0.29) is 5.97 Å². The van der Waals surface area contributed by atoms with Crippen LogP contribution in [0.25, 0.3) is 0 Å². The quantitative estimate of drug-likeness (QED) is 0.764. The number of hydrogen-bond donors (Lipinski definition) is 0. The largest absolute Gasteiger partial charge is 0.497 e. The molecule has 19 heavy (non-hydrogen) atoms. The maximum Gasteiger partial charge on any atom is 0.316 e. The van der Waals surface area contributed by atoms with Crippen molar-refractivity contribution in [1.29, 1.82) is 0 Å². The summed E-state index contributed by atoms with van der Waals surface area (Å²) in [4.78, 5) is 12.2. The summed E-state index contributed by atoms with van der Waals surface area (Å²) in [6, 6.07) is 7.61. The Labute approximate surface area is 113 Å². The molecule has 1 unspecified atom stereocenters. The van der Waals surface area contributed by atoms with Gasteiger partial charge in [-0.25, -0.2) is 0 Å². The van der Waals surface area contributed by atoms with E-state index in [1.807, 2.05) is 31.2 Å². The van der Waals surface area contributed by atoms with E-state index in [2.05, 4.69) is 0 Å². The van der Waals surface area contributed by atoms with Gasteiger partial charge in [0.2, 0.25) is 0 Å². The maximum absolute atomic E-state index is 12.2.